The second-order valence-electron chi connectivity index (χ2n) is 5.88. The van der Waals surface area contributed by atoms with Crippen LogP contribution in [0.15, 0.2) is 12.4 Å². The van der Waals surface area contributed by atoms with Gasteiger partial charge in [-0.3, -0.25) is 9.48 Å². The first kappa shape index (κ1) is 14.7. The Morgan fingerprint density at radius 1 is 1.40 bits per heavy atom. The Morgan fingerprint density at radius 3 is 2.65 bits per heavy atom. The SMILES string of the molecule is Cc1nc(Cn2cc(NC(=O)C(C)(C)C)cn2)sc1C. The van der Waals surface area contributed by atoms with Crippen LogP contribution in [0.4, 0.5) is 5.69 Å². The summed E-state index contributed by atoms with van der Waals surface area (Å²) in [5.41, 5.74) is 1.37. The Morgan fingerprint density at radius 2 is 2.10 bits per heavy atom. The third kappa shape index (κ3) is 3.45. The van der Waals surface area contributed by atoms with Crippen molar-refractivity contribution in [3.8, 4) is 0 Å². The smallest absolute Gasteiger partial charge is 0.229 e. The van der Waals surface area contributed by atoms with Crippen LogP contribution in [0, 0.1) is 19.3 Å². The summed E-state index contributed by atoms with van der Waals surface area (Å²) in [4.78, 5) is 17.6. The zero-order chi connectivity index (χ0) is 14.9. The van der Waals surface area contributed by atoms with Gasteiger partial charge in [0.2, 0.25) is 5.91 Å². The van der Waals surface area contributed by atoms with Crippen LogP contribution in [0.3, 0.4) is 0 Å². The van der Waals surface area contributed by atoms with Crippen molar-refractivity contribution in [1.29, 1.82) is 0 Å². The van der Waals surface area contributed by atoms with Crippen molar-refractivity contribution in [2.45, 2.75) is 41.2 Å². The molecule has 1 N–H and O–H groups in total. The molecule has 0 aliphatic rings. The van der Waals surface area contributed by atoms with Crippen LogP contribution in [0.5, 0.6) is 0 Å². The summed E-state index contributed by atoms with van der Waals surface area (Å²) in [6.45, 7) is 10.3. The maximum atomic E-state index is 11.9. The summed E-state index contributed by atoms with van der Waals surface area (Å²) in [7, 11) is 0. The molecule has 0 fully saturated rings. The van der Waals surface area contributed by atoms with Gasteiger partial charge in [0, 0.05) is 16.5 Å². The number of thiazole rings is 1. The Hall–Kier alpha value is -1.69. The lowest BCUT2D eigenvalue weighted by molar-refractivity contribution is -0.123. The van der Waals surface area contributed by atoms with Gasteiger partial charge in [0.1, 0.15) is 5.01 Å². The monoisotopic (exact) mass is 292 g/mol. The zero-order valence-corrected chi connectivity index (χ0v) is 13.3. The molecule has 0 unspecified atom stereocenters. The molecule has 2 rings (SSSR count). The lowest BCUT2D eigenvalue weighted by atomic mass is 9.96. The van der Waals surface area contributed by atoms with Gasteiger partial charge in [0.15, 0.2) is 0 Å². The minimum Gasteiger partial charge on any atom is -0.323 e. The lowest BCUT2D eigenvalue weighted by Gasteiger charge is -2.16. The molecule has 2 heterocycles. The van der Waals surface area contributed by atoms with Crippen molar-refractivity contribution in [3.05, 3.63) is 28.0 Å². The number of aryl methyl sites for hydroxylation is 2. The van der Waals surface area contributed by atoms with Gasteiger partial charge >= 0.3 is 0 Å². The molecule has 1 amide bonds. The van der Waals surface area contributed by atoms with E-state index in [0.717, 1.165) is 16.4 Å². The number of amides is 1. The van der Waals surface area contributed by atoms with Crippen LogP contribution >= 0.6 is 11.3 Å². The van der Waals surface area contributed by atoms with Gasteiger partial charge in [-0.2, -0.15) is 5.10 Å². The minimum absolute atomic E-state index is 0.0158. The fourth-order valence-corrected chi connectivity index (χ4v) is 2.50. The van der Waals surface area contributed by atoms with E-state index < -0.39 is 5.41 Å². The van der Waals surface area contributed by atoms with Crippen LogP contribution < -0.4 is 5.32 Å². The maximum Gasteiger partial charge on any atom is 0.229 e. The maximum absolute atomic E-state index is 11.9. The lowest BCUT2D eigenvalue weighted by Crippen LogP contribution is -2.27. The molecule has 2 aromatic heterocycles. The molecule has 20 heavy (non-hydrogen) atoms. The second-order valence-corrected chi connectivity index (χ2v) is 7.17. The first-order valence-electron chi connectivity index (χ1n) is 6.52. The van der Waals surface area contributed by atoms with Crippen molar-refractivity contribution >= 4 is 22.9 Å². The molecule has 0 atom stereocenters. The highest BCUT2D eigenvalue weighted by Crippen LogP contribution is 2.19. The van der Waals surface area contributed by atoms with Crippen LogP contribution in [-0.4, -0.2) is 20.7 Å². The predicted molar refractivity (Wildman–Crippen MR) is 81.0 cm³/mol. The highest BCUT2D eigenvalue weighted by Gasteiger charge is 2.21. The summed E-state index contributed by atoms with van der Waals surface area (Å²) in [6.07, 6.45) is 3.49. The van der Waals surface area contributed by atoms with Crippen LogP contribution in [-0.2, 0) is 11.3 Å². The Kier molecular flexibility index (Phi) is 3.94. The number of hydrogen-bond acceptors (Lipinski definition) is 4. The van der Waals surface area contributed by atoms with E-state index in [4.69, 9.17) is 0 Å². The molecular weight excluding hydrogens is 272 g/mol. The topological polar surface area (TPSA) is 59.8 Å². The van der Waals surface area contributed by atoms with Crippen LogP contribution in [0.25, 0.3) is 0 Å². The fraction of sp³-hybridized carbons (Fsp3) is 0.500. The minimum atomic E-state index is -0.411. The molecule has 0 aromatic carbocycles. The zero-order valence-electron chi connectivity index (χ0n) is 12.5. The third-order valence-electron chi connectivity index (χ3n) is 2.94. The summed E-state index contributed by atoms with van der Waals surface area (Å²) in [5, 5.41) is 8.14. The summed E-state index contributed by atoms with van der Waals surface area (Å²) in [5.74, 6) is -0.0158. The Labute approximate surface area is 123 Å². The predicted octanol–water partition coefficient (Wildman–Crippen LogP) is 2.99. The van der Waals surface area contributed by atoms with Crippen molar-refractivity contribution in [2.75, 3.05) is 5.32 Å². The number of hydrogen-bond donors (Lipinski definition) is 1. The van der Waals surface area contributed by atoms with Crippen molar-refractivity contribution in [3.63, 3.8) is 0 Å². The molecule has 0 saturated heterocycles. The fourth-order valence-electron chi connectivity index (χ4n) is 1.58. The molecule has 0 bridgehead atoms. The molecule has 108 valence electrons. The van der Waals surface area contributed by atoms with Gasteiger partial charge in [-0.1, -0.05) is 20.8 Å². The van der Waals surface area contributed by atoms with Crippen molar-refractivity contribution < 1.29 is 4.79 Å². The van der Waals surface area contributed by atoms with E-state index in [-0.39, 0.29) is 5.91 Å². The standard InChI is InChI=1S/C14H20N4OS/c1-9-10(2)20-12(16-9)8-18-7-11(6-15-18)17-13(19)14(3,4)5/h6-7H,8H2,1-5H3,(H,17,19). The molecule has 0 aliphatic carbocycles. The summed E-state index contributed by atoms with van der Waals surface area (Å²) in [6, 6.07) is 0. The number of rotatable bonds is 3. The molecule has 0 radical (unpaired) electrons. The molecule has 6 heteroatoms. The van der Waals surface area contributed by atoms with Crippen molar-refractivity contribution in [2.24, 2.45) is 5.41 Å². The van der Waals surface area contributed by atoms with E-state index in [1.165, 1.54) is 4.88 Å². The number of carbonyl (C=O) groups is 1. The first-order valence-corrected chi connectivity index (χ1v) is 7.34. The summed E-state index contributed by atoms with van der Waals surface area (Å²) < 4.78 is 1.79. The number of carbonyl (C=O) groups excluding carboxylic acids is 1. The van der Waals surface area contributed by atoms with Crippen LogP contribution in [0.1, 0.15) is 36.3 Å². The van der Waals surface area contributed by atoms with Gasteiger partial charge in [-0.15, -0.1) is 11.3 Å². The average molecular weight is 292 g/mol. The average Bonchev–Trinajstić information content (AvgIpc) is 2.86. The second kappa shape index (κ2) is 5.36. The van der Waals surface area contributed by atoms with Gasteiger partial charge in [0.25, 0.3) is 0 Å². The van der Waals surface area contributed by atoms with E-state index in [0.29, 0.717) is 6.54 Å². The quantitative estimate of drug-likeness (QED) is 0.946. The van der Waals surface area contributed by atoms with Gasteiger partial charge < -0.3 is 5.32 Å². The van der Waals surface area contributed by atoms with Gasteiger partial charge in [0.05, 0.1) is 24.1 Å². The Bertz CT molecular complexity index is 602. The van der Waals surface area contributed by atoms with E-state index >= 15 is 0 Å². The van der Waals surface area contributed by atoms with Gasteiger partial charge in [-0.25, -0.2) is 4.98 Å². The molecule has 5 nitrogen and oxygen atoms in total. The molecule has 0 saturated carbocycles. The third-order valence-corrected chi connectivity index (χ3v) is 4.00. The summed E-state index contributed by atoms with van der Waals surface area (Å²) >= 11 is 1.68. The highest BCUT2D eigenvalue weighted by molar-refractivity contribution is 7.11. The van der Waals surface area contributed by atoms with E-state index in [2.05, 4.69) is 22.3 Å². The molecule has 0 aliphatic heterocycles. The number of nitrogens with zero attached hydrogens (tertiary/aromatic N) is 3. The molecule has 2 aromatic rings. The number of anilines is 1. The highest BCUT2D eigenvalue weighted by atomic mass is 32.1. The van der Waals surface area contributed by atoms with Crippen molar-refractivity contribution in [1.82, 2.24) is 14.8 Å². The van der Waals surface area contributed by atoms with Crippen LogP contribution in [0.2, 0.25) is 0 Å². The number of aromatic nitrogens is 3. The first-order chi connectivity index (χ1) is 9.25. The van der Waals surface area contributed by atoms with E-state index in [1.807, 2.05) is 33.9 Å². The number of nitrogens with one attached hydrogen (secondary N) is 1. The Balaban J connectivity index is 2.04. The molecule has 0 spiro atoms. The molecular formula is C14H20N4OS. The van der Waals surface area contributed by atoms with E-state index in [1.54, 1.807) is 22.2 Å². The van der Waals surface area contributed by atoms with Gasteiger partial charge in [-0.05, 0) is 13.8 Å². The normalized spacial score (nSPS) is 11.7. The largest absolute Gasteiger partial charge is 0.323 e. The van der Waals surface area contributed by atoms with E-state index in [9.17, 15) is 4.79 Å².